The standard InChI is InChI=1S/C28H24F5N3O5/c1-14(2)40-20-10-16(29)9-17(11-20)36-27(38)24(34-26(37)15-5-7-18(8-6-15)41-28(32)33)25(35(36)3)23-21(30)12-19(39-4)13-22(23)31/h5-14,28H,1-4H3,(H,34,37). The summed E-state index contributed by atoms with van der Waals surface area (Å²) in [5, 5.41) is 2.36. The number of nitrogens with one attached hydrogen (secondary N) is 1. The Labute approximate surface area is 230 Å². The van der Waals surface area contributed by atoms with Crippen LogP contribution in [0.2, 0.25) is 0 Å². The minimum absolute atomic E-state index is 0.0577. The Bertz CT molecular complexity index is 1630. The summed E-state index contributed by atoms with van der Waals surface area (Å²) in [5.41, 5.74) is -2.68. The predicted molar refractivity (Wildman–Crippen MR) is 140 cm³/mol. The first-order valence-electron chi connectivity index (χ1n) is 12.1. The van der Waals surface area contributed by atoms with E-state index in [0.29, 0.717) is 0 Å². The molecule has 3 aromatic carbocycles. The summed E-state index contributed by atoms with van der Waals surface area (Å²) in [6.07, 6.45) is -0.333. The van der Waals surface area contributed by atoms with E-state index in [4.69, 9.17) is 9.47 Å². The number of rotatable bonds is 9. The van der Waals surface area contributed by atoms with Gasteiger partial charge in [-0.2, -0.15) is 8.78 Å². The molecule has 0 atom stereocenters. The molecule has 1 aromatic heterocycles. The zero-order valence-corrected chi connectivity index (χ0v) is 22.2. The third-order valence-electron chi connectivity index (χ3n) is 5.81. The molecule has 0 spiro atoms. The third kappa shape index (κ3) is 6.18. The van der Waals surface area contributed by atoms with Crippen LogP contribution in [0.5, 0.6) is 17.2 Å². The van der Waals surface area contributed by atoms with Crippen LogP contribution >= 0.6 is 0 Å². The highest BCUT2D eigenvalue weighted by Crippen LogP contribution is 2.35. The maximum atomic E-state index is 15.3. The summed E-state index contributed by atoms with van der Waals surface area (Å²) in [6, 6.07) is 9.78. The van der Waals surface area contributed by atoms with Crippen LogP contribution in [-0.4, -0.2) is 35.1 Å². The van der Waals surface area contributed by atoms with Crippen molar-refractivity contribution in [1.29, 1.82) is 0 Å². The highest BCUT2D eigenvalue weighted by Gasteiger charge is 2.28. The van der Waals surface area contributed by atoms with Crippen molar-refractivity contribution in [2.45, 2.75) is 26.6 Å². The molecule has 0 aliphatic carbocycles. The maximum absolute atomic E-state index is 15.3. The summed E-state index contributed by atoms with van der Waals surface area (Å²) < 4.78 is 86.7. The summed E-state index contributed by atoms with van der Waals surface area (Å²) in [5.74, 6) is -4.14. The number of benzene rings is 3. The van der Waals surface area contributed by atoms with Crippen LogP contribution in [-0.2, 0) is 7.05 Å². The highest BCUT2D eigenvalue weighted by atomic mass is 19.3. The molecular formula is C28H24F5N3O5. The topological polar surface area (TPSA) is 83.7 Å². The molecule has 1 heterocycles. The molecule has 0 unspecified atom stereocenters. The summed E-state index contributed by atoms with van der Waals surface area (Å²) in [6.45, 7) is 0.349. The number of carbonyl (C=O) groups is 1. The van der Waals surface area contributed by atoms with E-state index in [9.17, 15) is 22.8 Å². The number of alkyl halides is 2. The van der Waals surface area contributed by atoms with Crippen LogP contribution < -0.4 is 25.1 Å². The number of hydrogen-bond donors (Lipinski definition) is 1. The molecule has 0 fully saturated rings. The fourth-order valence-electron chi connectivity index (χ4n) is 4.17. The molecule has 4 aromatic rings. The van der Waals surface area contributed by atoms with E-state index in [1.165, 1.54) is 20.2 Å². The van der Waals surface area contributed by atoms with Crippen molar-refractivity contribution in [1.82, 2.24) is 9.36 Å². The molecule has 0 saturated heterocycles. The number of aromatic nitrogens is 2. The van der Waals surface area contributed by atoms with Crippen LogP contribution in [0.1, 0.15) is 24.2 Å². The SMILES string of the molecule is COc1cc(F)c(-c2c(NC(=O)c3ccc(OC(F)F)cc3)c(=O)n(-c3cc(F)cc(OC(C)C)c3)n2C)c(F)c1. The number of anilines is 1. The second-order valence-corrected chi connectivity index (χ2v) is 9.00. The first-order chi connectivity index (χ1) is 19.4. The number of carbonyl (C=O) groups excluding carboxylic acids is 1. The van der Waals surface area contributed by atoms with Crippen molar-refractivity contribution >= 4 is 11.6 Å². The smallest absolute Gasteiger partial charge is 0.387 e. The van der Waals surface area contributed by atoms with Gasteiger partial charge in [-0.05, 0) is 44.2 Å². The average molecular weight is 578 g/mol. The number of ether oxygens (including phenoxy) is 3. The lowest BCUT2D eigenvalue weighted by atomic mass is 10.1. The Morgan fingerprint density at radius 1 is 0.878 bits per heavy atom. The van der Waals surface area contributed by atoms with Gasteiger partial charge in [0, 0.05) is 36.9 Å². The first kappa shape index (κ1) is 29.2. The number of hydrogen-bond acceptors (Lipinski definition) is 5. The monoisotopic (exact) mass is 577 g/mol. The van der Waals surface area contributed by atoms with Gasteiger partial charge in [0.25, 0.3) is 11.5 Å². The lowest BCUT2D eigenvalue weighted by molar-refractivity contribution is -0.0498. The van der Waals surface area contributed by atoms with E-state index < -0.39 is 46.8 Å². The predicted octanol–water partition coefficient (Wildman–Crippen LogP) is 5.91. The van der Waals surface area contributed by atoms with Crippen molar-refractivity contribution in [2.24, 2.45) is 7.05 Å². The second-order valence-electron chi connectivity index (χ2n) is 9.00. The van der Waals surface area contributed by atoms with Gasteiger partial charge in [0.2, 0.25) is 0 Å². The molecule has 41 heavy (non-hydrogen) atoms. The average Bonchev–Trinajstić information content (AvgIpc) is 3.11. The maximum Gasteiger partial charge on any atom is 0.387 e. The summed E-state index contributed by atoms with van der Waals surface area (Å²) in [4.78, 5) is 26.8. The van der Waals surface area contributed by atoms with E-state index in [1.807, 2.05) is 0 Å². The Balaban J connectivity index is 1.90. The Morgan fingerprint density at radius 2 is 1.51 bits per heavy atom. The van der Waals surface area contributed by atoms with E-state index in [1.54, 1.807) is 13.8 Å². The highest BCUT2D eigenvalue weighted by molar-refractivity contribution is 6.06. The van der Waals surface area contributed by atoms with Gasteiger partial charge in [-0.1, -0.05) is 0 Å². The zero-order valence-electron chi connectivity index (χ0n) is 22.2. The van der Waals surface area contributed by atoms with E-state index >= 15 is 8.78 Å². The fourth-order valence-corrected chi connectivity index (χ4v) is 4.17. The summed E-state index contributed by atoms with van der Waals surface area (Å²) in [7, 11) is 2.50. The molecule has 1 amide bonds. The van der Waals surface area contributed by atoms with Crippen molar-refractivity contribution < 1.29 is 41.0 Å². The van der Waals surface area contributed by atoms with Crippen molar-refractivity contribution in [3.8, 4) is 34.2 Å². The van der Waals surface area contributed by atoms with Crippen LogP contribution in [0.3, 0.4) is 0 Å². The normalized spacial score (nSPS) is 11.2. The third-order valence-corrected chi connectivity index (χ3v) is 5.81. The van der Waals surface area contributed by atoms with Gasteiger partial charge in [-0.15, -0.1) is 0 Å². The van der Waals surface area contributed by atoms with Gasteiger partial charge >= 0.3 is 6.61 Å². The van der Waals surface area contributed by atoms with E-state index in [2.05, 4.69) is 10.1 Å². The molecule has 216 valence electrons. The van der Waals surface area contributed by atoms with Crippen LogP contribution in [0, 0.1) is 17.5 Å². The van der Waals surface area contributed by atoms with E-state index in [0.717, 1.165) is 57.9 Å². The van der Waals surface area contributed by atoms with Gasteiger partial charge in [0.05, 0.1) is 24.5 Å². The van der Waals surface area contributed by atoms with Crippen LogP contribution in [0.25, 0.3) is 16.9 Å². The number of halogens is 5. The fraction of sp³-hybridized carbons (Fsp3) is 0.214. The molecule has 0 radical (unpaired) electrons. The lowest BCUT2D eigenvalue weighted by Gasteiger charge is -2.15. The molecule has 4 rings (SSSR count). The van der Waals surface area contributed by atoms with Gasteiger partial charge in [0.15, 0.2) is 0 Å². The molecule has 1 N–H and O–H groups in total. The second kappa shape index (κ2) is 11.7. The first-order valence-corrected chi connectivity index (χ1v) is 12.1. The van der Waals surface area contributed by atoms with Crippen LogP contribution in [0.15, 0.2) is 59.4 Å². The van der Waals surface area contributed by atoms with Gasteiger partial charge in [-0.3, -0.25) is 14.3 Å². The number of amides is 1. The molecule has 0 saturated carbocycles. The molecule has 0 bridgehead atoms. The Hall–Kier alpha value is -4.81. The Kier molecular flexibility index (Phi) is 8.36. The molecule has 0 aliphatic heterocycles. The number of nitrogens with zero attached hydrogens (tertiary/aromatic N) is 2. The van der Waals surface area contributed by atoms with E-state index in [-0.39, 0.29) is 40.3 Å². The molecular weight excluding hydrogens is 553 g/mol. The van der Waals surface area contributed by atoms with Gasteiger partial charge in [0.1, 0.15) is 46.1 Å². The van der Waals surface area contributed by atoms with Crippen molar-refractivity contribution in [3.63, 3.8) is 0 Å². The molecule has 8 nitrogen and oxygen atoms in total. The lowest BCUT2D eigenvalue weighted by Crippen LogP contribution is -2.23. The number of methoxy groups -OCH3 is 1. The van der Waals surface area contributed by atoms with Gasteiger partial charge < -0.3 is 19.5 Å². The largest absolute Gasteiger partial charge is 0.497 e. The summed E-state index contributed by atoms with van der Waals surface area (Å²) >= 11 is 0. The minimum atomic E-state index is -3.08. The van der Waals surface area contributed by atoms with Gasteiger partial charge in [-0.25, -0.2) is 17.9 Å². The van der Waals surface area contributed by atoms with Crippen LogP contribution in [0.4, 0.5) is 27.6 Å². The van der Waals surface area contributed by atoms with Crippen molar-refractivity contribution in [3.05, 3.63) is 88.0 Å². The van der Waals surface area contributed by atoms with Crippen molar-refractivity contribution in [2.75, 3.05) is 12.4 Å². The zero-order chi connectivity index (χ0) is 30.0. The molecule has 13 heteroatoms. The minimum Gasteiger partial charge on any atom is -0.497 e. The molecule has 0 aliphatic rings. The Morgan fingerprint density at radius 3 is 2.07 bits per heavy atom. The quantitative estimate of drug-likeness (QED) is 0.250.